The van der Waals surface area contributed by atoms with E-state index in [1.54, 1.807) is 0 Å². The Morgan fingerprint density at radius 2 is 1.94 bits per heavy atom. The Balaban J connectivity index is 1.59. The summed E-state index contributed by atoms with van der Waals surface area (Å²) in [5.74, 6) is 0.778. The summed E-state index contributed by atoms with van der Waals surface area (Å²) in [6.07, 6.45) is 4.95. The molecule has 1 saturated carbocycles. The lowest BCUT2D eigenvalue weighted by molar-refractivity contribution is 0.172. The summed E-state index contributed by atoms with van der Waals surface area (Å²) < 4.78 is 0. The maximum atomic E-state index is 11.9. The molecule has 1 N–H and O–H groups in total. The van der Waals surface area contributed by atoms with E-state index in [-0.39, 0.29) is 6.03 Å². The van der Waals surface area contributed by atoms with Crippen LogP contribution in [0.25, 0.3) is 0 Å². The van der Waals surface area contributed by atoms with E-state index in [0.29, 0.717) is 0 Å². The zero-order chi connectivity index (χ0) is 12.3. The summed E-state index contributed by atoms with van der Waals surface area (Å²) in [5.41, 5.74) is 0. The Hall–Kier alpha value is -0.770. The summed E-state index contributed by atoms with van der Waals surface area (Å²) in [6, 6.07) is 0.906. The molecule has 2 rings (SSSR count). The summed E-state index contributed by atoms with van der Waals surface area (Å²) in [5, 5.41) is 3.03. The fourth-order valence-electron chi connectivity index (χ4n) is 2.36. The molecule has 0 radical (unpaired) electrons. The predicted molar refractivity (Wildman–Crippen MR) is 69.0 cm³/mol. The van der Waals surface area contributed by atoms with Crippen molar-refractivity contribution >= 4 is 6.03 Å². The number of hydrogen-bond acceptors (Lipinski definition) is 2. The number of nitrogens with zero attached hydrogens (tertiary/aromatic N) is 2. The van der Waals surface area contributed by atoms with Crippen molar-refractivity contribution in [3.8, 4) is 0 Å². The molecule has 1 saturated heterocycles. The molecule has 0 aromatic heterocycles. The second-order valence-electron chi connectivity index (χ2n) is 5.61. The van der Waals surface area contributed by atoms with Gasteiger partial charge >= 0.3 is 6.03 Å². The second-order valence-corrected chi connectivity index (χ2v) is 5.61. The Morgan fingerprint density at radius 3 is 2.53 bits per heavy atom. The van der Waals surface area contributed by atoms with Gasteiger partial charge in [-0.2, -0.15) is 0 Å². The summed E-state index contributed by atoms with van der Waals surface area (Å²) in [6.45, 7) is 5.86. The van der Waals surface area contributed by atoms with Gasteiger partial charge in [-0.3, -0.25) is 0 Å². The van der Waals surface area contributed by atoms with Gasteiger partial charge < -0.3 is 15.1 Å². The summed E-state index contributed by atoms with van der Waals surface area (Å²) >= 11 is 0. The van der Waals surface area contributed by atoms with Gasteiger partial charge in [0.15, 0.2) is 0 Å². The van der Waals surface area contributed by atoms with E-state index in [2.05, 4.69) is 24.2 Å². The van der Waals surface area contributed by atoms with Gasteiger partial charge in [-0.1, -0.05) is 6.92 Å². The fourth-order valence-corrected chi connectivity index (χ4v) is 2.36. The molecule has 0 aromatic rings. The first-order valence-electron chi connectivity index (χ1n) is 6.90. The van der Waals surface area contributed by atoms with Crippen LogP contribution < -0.4 is 5.32 Å². The van der Waals surface area contributed by atoms with E-state index in [4.69, 9.17) is 0 Å². The van der Waals surface area contributed by atoms with Crippen molar-refractivity contribution in [3.05, 3.63) is 0 Å². The van der Waals surface area contributed by atoms with Crippen LogP contribution in [0.1, 0.15) is 32.6 Å². The zero-order valence-electron chi connectivity index (χ0n) is 11.1. The smallest absolute Gasteiger partial charge is 0.317 e. The van der Waals surface area contributed by atoms with Crippen LogP contribution in [0, 0.1) is 5.92 Å². The molecule has 17 heavy (non-hydrogen) atoms. The van der Waals surface area contributed by atoms with Crippen LogP contribution in [0.3, 0.4) is 0 Å². The van der Waals surface area contributed by atoms with Gasteiger partial charge in [0.25, 0.3) is 0 Å². The molecule has 2 aliphatic rings. The van der Waals surface area contributed by atoms with Crippen LogP contribution in [0.5, 0.6) is 0 Å². The van der Waals surface area contributed by atoms with Crippen LogP contribution in [-0.4, -0.2) is 55.1 Å². The molecule has 0 unspecified atom stereocenters. The van der Waals surface area contributed by atoms with E-state index in [1.165, 1.54) is 12.8 Å². The lowest BCUT2D eigenvalue weighted by Crippen LogP contribution is -2.46. The third-order valence-corrected chi connectivity index (χ3v) is 3.98. The normalized spacial score (nSPS) is 21.9. The Morgan fingerprint density at radius 1 is 1.29 bits per heavy atom. The zero-order valence-corrected chi connectivity index (χ0v) is 11.1. The van der Waals surface area contributed by atoms with Crippen LogP contribution in [-0.2, 0) is 0 Å². The maximum Gasteiger partial charge on any atom is 0.317 e. The average Bonchev–Trinajstić information content (AvgIpc) is 3.13. The van der Waals surface area contributed by atoms with Crippen molar-refractivity contribution in [2.75, 3.05) is 33.2 Å². The number of carbonyl (C=O) groups excluding carboxylic acids is 1. The SMILES string of the molecule is CC1CCN(C(=O)NCCN(C)C2CC2)CC1. The minimum atomic E-state index is 0.126. The van der Waals surface area contributed by atoms with Crippen LogP contribution >= 0.6 is 0 Å². The van der Waals surface area contributed by atoms with Crippen LogP contribution in [0.4, 0.5) is 4.79 Å². The van der Waals surface area contributed by atoms with E-state index in [0.717, 1.165) is 51.0 Å². The predicted octanol–water partition coefficient (Wildman–Crippen LogP) is 1.52. The molecule has 4 nitrogen and oxygen atoms in total. The number of carbonyl (C=O) groups is 1. The van der Waals surface area contributed by atoms with E-state index >= 15 is 0 Å². The van der Waals surface area contributed by atoms with E-state index in [1.807, 2.05) is 4.90 Å². The highest BCUT2D eigenvalue weighted by atomic mass is 16.2. The van der Waals surface area contributed by atoms with Gasteiger partial charge in [0, 0.05) is 32.2 Å². The third kappa shape index (κ3) is 3.87. The van der Waals surface area contributed by atoms with Crippen molar-refractivity contribution in [2.45, 2.75) is 38.6 Å². The number of hydrogen-bond donors (Lipinski definition) is 1. The number of urea groups is 1. The first-order valence-corrected chi connectivity index (χ1v) is 6.90. The average molecular weight is 239 g/mol. The number of amides is 2. The molecular formula is C13H25N3O. The minimum Gasteiger partial charge on any atom is -0.337 e. The van der Waals surface area contributed by atoms with Crippen LogP contribution in [0.15, 0.2) is 0 Å². The standard InChI is InChI=1S/C13H25N3O/c1-11-5-8-16(9-6-11)13(17)14-7-10-15(2)12-3-4-12/h11-12H,3-10H2,1-2H3,(H,14,17). The van der Waals surface area contributed by atoms with Gasteiger partial charge in [-0.05, 0) is 38.6 Å². The number of nitrogens with one attached hydrogen (secondary N) is 1. The maximum absolute atomic E-state index is 11.9. The van der Waals surface area contributed by atoms with Gasteiger partial charge in [0.05, 0.1) is 0 Å². The molecule has 0 bridgehead atoms. The molecule has 2 fully saturated rings. The molecule has 0 spiro atoms. The molecular weight excluding hydrogens is 214 g/mol. The topological polar surface area (TPSA) is 35.6 Å². The largest absolute Gasteiger partial charge is 0.337 e. The molecule has 1 aliphatic carbocycles. The quantitative estimate of drug-likeness (QED) is 0.807. The van der Waals surface area contributed by atoms with Crippen molar-refractivity contribution in [1.29, 1.82) is 0 Å². The van der Waals surface area contributed by atoms with Crippen molar-refractivity contribution < 1.29 is 4.79 Å². The lowest BCUT2D eigenvalue weighted by Gasteiger charge is -2.30. The highest BCUT2D eigenvalue weighted by molar-refractivity contribution is 5.74. The van der Waals surface area contributed by atoms with Gasteiger partial charge in [0.1, 0.15) is 0 Å². The van der Waals surface area contributed by atoms with Gasteiger partial charge in [0.2, 0.25) is 0 Å². The molecule has 0 aromatic carbocycles. The fraction of sp³-hybridized carbons (Fsp3) is 0.923. The van der Waals surface area contributed by atoms with Crippen LogP contribution in [0.2, 0.25) is 0 Å². The minimum absolute atomic E-state index is 0.126. The number of rotatable bonds is 4. The highest BCUT2D eigenvalue weighted by Crippen LogP contribution is 2.24. The number of likely N-dealkylation sites (tertiary alicyclic amines) is 1. The van der Waals surface area contributed by atoms with Crippen molar-refractivity contribution in [1.82, 2.24) is 15.1 Å². The Kier molecular flexibility index (Phi) is 4.26. The highest BCUT2D eigenvalue weighted by Gasteiger charge is 2.26. The van der Waals surface area contributed by atoms with E-state index < -0.39 is 0 Å². The Labute approximate surface area is 104 Å². The monoisotopic (exact) mass is 239 g/mol. The first-order chi connectivity index (χ1) is 8.16. The lowest BCUT2D eigenvalue weighted by atomic mass is 10.00. The first kappa shape index (κ1) is 12.7. The molecule has 4 heteroatoms. The summed E-state index contributed by atoms with van der Waals surface area (Å²) in [4.78, 5) is 16.2. The molecule has 2 amide bonds. The van der Waals surface area contributed by atoms with Gasteiger partial charge in [-0.15, -0.1) is 0 Å². The van der Waals surface area contributed by atoms with Crippen molar-refractivity contribution in [3.63, 3.8) is 0 Å². The molecule has 1 heterocycles. The number of likely N-dealkylation sites (N-methyl/N-ethyl adjacent to an activating group) is 1. The summed E-state index contributed by atoms with van der Waals surface area (Å²) in [7, 11) is 2.15. The second kappa shape index (κ2) is 5.71. The molecule has 0 atom stereocenters. The molecule has 98 valence electrons. The van der Waals surface area contributed by atoms with Gasteiger partial charge in [-0.25, -0.2) is 4.79 Å². The van der Waals surface area contributed by atoms with Crippen molar-refractivity contribution in [2.24, 2.45) is 5.92 Å². The number of piperidine rings is 1. The Bertz CT molecular complexity index is 257. The molecule has 1 aliphatic heterocycles. The van der Waals surface area contributed by atoms with E-state index in [9.17, 15) is 4.79 Å². The third-order valence-electron chi connectivity index (χ3n) is 3.98.